The SMILES string of the molecule is CC.Cc1cccc(OCc2nc(-c3cccnc3)n[nH]2)c1. The number of H-pyrrole nitrogens is 1. The first-order valence-corrected chi connectivity index (χ1v) is 7.32. The highest BCUT2D eigenvalue weighted by atomic mass is 16.5. The van der Waals surface area contributed by atoms with E-state index in [2.05, 4.69) is 20.2 Å². The molecule has 2 heterocycles. The summed E-state index contributed by atoms with van der Waals surface area (Å²) in [5.41, 5.74) is 2.04. The van der Waals surface area contributed by atoms with Gasteiger partial charge in [0.2, 0.25) is 0 Å². The Morgan fingerprint density at radius 3 is 2.73 bits per heavy atom. The van der Waals surface area contributed by atoms with Crippen molar-refractivity contribution in [3.8, 4) is 17.1 Å². The van der Waals surface area contributed by atoms with E-state index in [0.717, 1.165) is 16.9 Å². The molecule has 0 saturated carbocycles. The third kappa shape index (κ3) is 4.15. The van der Waals surface area contributed by atoms with Crippen LogP contribution in [0.2, 0.25) is 0 Å². The summed E-state index contributed by atoms with van der Waals surface area (Å²) >= 11 is 0. The Balaban J connectivity index is 0.000000847. The topological polar surface area (TPSA) is 63.7 Å². The number of hydrogen-bond acceptors (Lipinski definition) is 4. The quantitative estimate of drug-likeness (QED) is 0.795. The zero-order valence-electron chi connectivity index (χ0n) is 13.1. The highest BCUT2D eigenvalue weighted by molar-refractivity contribution is 5.52. The van der Waals surface area contributed by atoms with E-state index in [4.69, 9.17) is 4.74 Å². The Kier molecular flexibility index (Phi) is 5.65. The summed E-state index contributed by atoms with van der Waals surface area (Å²) in [7, 11) is 0. The van der Waals surface area contributed by atoms with Crippen molar-refractivity contribution in [2.24, 2.45) is 0 Å². The molecule has 114 valence electrons. The Morgan fingerprint density at radius 2 is 2.00 bits per heavy atom. The third-order valence-electron chi connectivity index (χ3n) is 2.82. The minimum atomic E-state index is 0.358. The fourth-order valence-corrected chi connectivity index (χ4v) is 1.84. The number of pyridine rings is 1. The molecule has 3 rings (SSSR count). The number of ether oxygens (including phenoxy) is 1. The van der Waals surface area contributed by atoms with Gasteiger partial charge in [0.1, 0.15) is 12.4 Å². The van der Waals surface area contributed by atoms with Crippen molar-refractivity contribution in [1.82, 2.24) is 20.2 Å². The summed E-state index contributed by atoms with van der Waals surface area (Å²) < 4.78 is 5.67. The van der Waals surface area contributed by atoms with Crippen LogP contribution in [0.5, 0.6) is 5.75 Å². The number of nitrogens with one attached hydrogen (secondary N) is 1. The number of hydrogen-bond donors (Lipinski definition) is 1. The Bertz CT molecular complexity index is 695. The second kappa shape index (κ2) is 7.93. The highest BCUT2D eigenvalue weighted by Crippen LogP contribution is 2.15. The summed E-state index contributed by atoms with van der Waals surface area (Å²) in [5, 5.41) is 7.04. The Hall–Kier alpha value is -2.69. The van der Waals surface area contributed by atoms with Gasteiger partial charge in [-0.2, -0.15) is 5.10 Å². The van der Waals surface area contributed by atoms with Crippen LogP contribution >= 0.6 is 0 Å². The van der Waals surface area contributed by atoms with E-state index in [0.29, 0.717) is 18.3 Å². The molecule has 0 saturated heterocycles. The predicted molar refractivity (Wildman–Crippen MR) is 86.5 cm³/mol. The monoisotopic (exact) mass is 296 g/mol. The molecule has 5 heteroatoms. The summed E-state index contributed by atoms with van der Waals surface area (Å²) in [6.07, 6.45) is 3.45. The summed E-state index contributed by atoms with van der Waals surface area (Å²) in [4.78, 5) is 8.43. The fraction of sp³-hybridized carbons (Fsp3) is 0.235. The zero-order chi connectivity index (χ0) is 15.8. The average molecular weight is 296 g/mol. The van der Waals surface area contributed by atoms with E-state index >= 15 is 0 Å². The van der Waals surface area contributed by atoms with Crippen LogP contribution in [0.3, 0.4) is 0 Å². The molecule has 0 spiro atoms. The van der Waals surface area contributed by atoms with Crippen molar-refractivity contribution in [2.45, 2.75) is 27.4 Å². The van der Waals surface area contributed by atoms with E-state index < -0.39 is 0 Å². The number of rotatable bonds is 4. The lowest BCUT2D eigenvalue weighted by molar-refractivity contribution is 0.296. The second-order valence-electron chi connectivity index (χ2n) is 4.45. The van der Waals surface area contributed by atoms with Gasteiger partial charge in [-0.25, -0.2) is 4.98 Å². The number of nitrogens with zero attached hydrogens (tertiary/aromatic N) is 3. The molecule has 5 nitrogen and oxygen atoms in total. The molecule has 0 amide bonds. The van der Waals surface area contributed by atoms with Crippen molar-refractivity contribution in [3.05, 3.63) is 60.2 Å². The summed E-state index contributed by atoms with van der Waals surface area (Å²) in [6.45, 7) is 6.39. The van der Waals surface area contributed by atoms with Crippen LogP contribution in [-0.4, -0.2) is 20.2 Å². The molecule has 0 fully saturated rings. The molecule has 0 aliphatic rings. The van der Waals surface area contributed by atoms with Crippen LogP contribution in [-0.2, 0) is 6.61 Å². The molecular weight excluding hydrogens is 276 g/mol. The second-order valence-corrected chi connectivity index (χ2v) is 4.45. The summed E-state index contributed by atoms with van der Waals surface area (Å²) in [6, 6.07) is 11.7. The first-order chi connectivity index (χ1) is 10.8. The Morgan fingerprint density at radius 1 is 1.14 bits per heavy atom. The van der Waals surface area contributed by atoms with Gasteiger partial charge in [-0.3, -0.25) is 10.1 Å². The Labute approximate surface area is 130 Å². The molecule has 1 aromatic carbocycles. The largest absolute Gasteiger partial charge is 0.486 e. The smallest absolute Gasteiger partial charge is 0.182 e. The molecule has 0 bridgehead atoms. The van der Waals surface area contributed by atoms with E-state index in [1.54, 1.807) is 12.4 Å². The van der Waals surface area contributed by atoms with Crippen LogP contribution in [0.4, 0.5) is 0 Å². The number of aromatic amines is 1. The van der Waals surface area contributed by atoms with Crippen molar-refractivity contribution in [3.63, 3.8) is 0 Å². The molecule has 0 radical (unpaired) electrons. The average Bonchev–Trinajstić information content (AvgIpc) is 3.05. The lowest BCUT2D eigenvalue weighted by Crippen LogP contribution is -1.97. The molecular formula is C17H20N4O. The van der Waals surface area contributed by atoms with Gasteiger partial charge in [0, 0.05) is 18.0 Å². The maximum atomic E-state index is 5.67. The predicted octanol–water partition coefficient (Wildman–Crippen LogP) is 3.78. The van der Waals surface area contributed by atoms with Gasteiger partial charge in [0.15, 0.2) is 11.6 Å². The fourth-order valence-electron chi connectivity index (χ4n) is 1.84. The van der Waals surface area contributed by atoms with Gasteiger partial charge in [-0.1, -0.05) is 26.0 Å². The van der Waals surface area contributed by atoms with Gasteiger partial charge in [0.25, 0.3) is 0 Å². The first kappa shape index (κ1) is 15.7. The van der Waals surface area contributed by atoms with Crippen molar-refractivity contribution < 1.29 is 4.74 Å². The standard InChI is InChI=1S/C15H14N4O.C2H6/c1-11-4-2-6-13(8-11)20-10-14-17-15(19-18-14)12-5-3-7-16-9-12;1-2/h2-9H,10H2,1H3,(H,17,18,19);1-2H3. The lowest BCUT2D eigenvalue weighted by Gasteiger charge is -2.04. The lowest BCUT2D eigenvalue weighted by atomic mass is 10.2. The molecule has 0 aliphatic heterocycles. The van der Waals surface area contributed by atoms with Gasteiger partial charge in [0.05, 0.1) is 0 Å². The van der Waals surface area contributed by atoms with Crippen LogP contribution in [0.25, 0.3) is 11.4 Å². The van der Waals surface area contributed by atoms with Gasteiger partial charge >= 0.3 is 0 Å². The molecule has 1 N–H and O–H groups in total. The maximum absolute atomic E-state index is 5.67. The normalized spacial score (nSPS) is 9.77. The first-order valence-electron chi connectivity index (χ1n) is 7.32. The number of aryl methyl sites for hydroxylation is 1. The van der Waals surface area contributed by atoms with E-state index in [-0.39, 0.29) is 0 Å². The van der Waals surface area contributed by atoms with Gasteiger partial charge in [-0.15, -0.1) is 0 Å². The van der Waals surface area contributed by atoms with E-state index in [9.17, 15) is 0 Å². The number of benzene rings is 1. The van der Waals surface area contributed by atoms with E-state index in [1.807, 2.05) is 57.2 Å². The third-order valence-corrected chi connectivity index (χ3v) is 2.82. The molecule has 3 aromatic rings. The molecule has 22 heavy (non-hydrogen) atoms. The van der Waals surface area contributed by atoms with Crippen LogP contribution in [0.1, 0.15) is 25.2 Å². The maximum Gasteiger partial charge on any atom is 0.182 e. The van der Waals surface area contributed by atoms with Crippen molar-refractivity contribution in [1.29, 1.82) is 0 Å². The van der Waals surface area contributed by atoms with Crippen LogP contribution in [0.15, 0.2) is 48.8 Å². The van der Waals surface area contributed by atoms with E-state index in [1.165, 1.54) is 0 Å². The molecule has 0 aliphatic carbocycles. The molecule has 0 atom stereocenters. The minimum Gasteiger partial charge on any atom is -0.486 e. The molecule has 2 aromatic heterocycles. The number of aromatic nitrogens is 4. The summed E-state index contributed by atoms with van der Waals surface area (Å²) in [5.74, 6) is 2.13. The van der Waals surface area contributed by atoms with Crippen molar-refractivity contribution >= 4 is 0 Å². The van der Waals surface area contributed by atoms with Gasteiger partial charge < -0.3 is 4.74 Å². The van der Waals surface area contributed by atoms with Crippen molar-refractivity contribution in [2.75, 3.05) is 0 Å². The minimum absolute atomic E-state index is 0.358. The molecule has 0 unspecified atom stereocenters. The van der Waals surface area contributed by atoms with Crippen LogP contribution in [0, 0.1) is 6.92 Å². The zero-order valence-corrected chi connectivity index (χ0v) is 13.1. The van der Waals surface area contributed by atoms with Gasteiger partial charge in [-0.05, 0) is 36.8 Å². The highest BCUT2D eigenvalue weighted by Gasteiger charge is 2.06. The van der Waals surface area contributed by atoms with Crippen LogP contribution < -0.4 is 4.74 Å².